The molecule has 0 unspecified atom stereocenters. The van der Waals surface area contributed by atoms with E-state index in [1.807, 2.05) is 17.8 Å². The quantitative estimate of drug-likeness (QED) is 0.585. The maximum atomic E-state index is 13.5. The van der Waals surface area contributed by atoms with Crippen molar-refractivity contribution in [3.63, 3.8) is 0 Å². The third-order valence-corrected chi connectivity index (χ3v) is 7.74. The second-order valence-electron chi connectivity index (χ2n) is 9.47. The molecular formula is C23H30N6O3S. The van der Waals surface area contributed by atoms with Crippen LogP contribution in [0.5, 0.6) is 0 Å². The lowest BCUT2D eigenvalue weighted by Crippen LogP contribution is -2.38. The Kier molecular flexibility index (Phi) is 5.60. The summed E-state index contributed by atoms with van der Waals surface area (Å²) in [5.41, 5.74) is 3.23. The molecule has 9 nitrogen and oxygen atoms in total. The molecule has 0 bridgehead atoms. The van der Waals surface area contributed by atoms with Gasteiger partial charge in [-0.3, -0.25) is 18.5 Å². The lowest BCUT2D eigenvalue weighted by Gasteiger charge is -2.30. The number of nitrogens with zero attached hydrogens (tertiary/aromatic N) is 6. The van der Waals surface area contributed by atoms with Crippen molar-refractivity contribution in [3.8, 4) is 0 Å². The SMILES string of the molecule is Cc1ccc(S(=O)(=O)N(C)c2c(C(=O)N3CCc4c(cnn4C(C)(C)C)C3)cnn2C)cc1. The predicted molar refractivity (Wildman–Crippen MR) is 126 cm³/mol. The molecule has 4 rings (SSSR count). The molecule has 33 heavy (non-hydrogen) atoms. The lowest BCUT2D eigenvalue weighted by molar-refractivity contribution is 0.0733. The van der Waals surface area contributed by atoms with Gasteiger partial charge >= 0.3 is 0 Å². The number of amides is 1. The molecule has 10 heteroatoms. The van der Waals surface area contributed by atoms with E-state index in [-0.39, 0.29) is 27.7 Å². The second kappa shape index (κ2) is 8.02. The summed E-state index contributed by atoms with van der Waals surface area (Å²) >= 11 is 0. The second-order valence-corrected chi connectivity index (χ2v) is 11.4. The largest absolute Gasteiger partial charge is 0.334 e. The average molecular weight is 471 g/mol. The summed E-state index contributed by atoms with van der Waals surface area (Å²) in [7, 11) is -0.778. The number of sulfonamides is 1. The number of carbonyl (C=O) groups is 1. The van der Waals surface area contributed by atoms with Crippen molar-refractivity contribution in [2.45, 2.75) is 51.1 Å². The van der Waals surface area contributed by atoms with E-state index in [1.54, 1.807) is 36.2 Å². The molecule has 1 aliphatic rings. The Morgan fingerprint density at radius 3 is 2.39 bits per heavy atom. The minimum absolute atomic E-state index is 0.136. The first-order valence-electron chi connectivity index (χ1n) is 10.8. The Bertz CT molecular complexity index is 1300. The zero-order valence-electron chi connectivity index (χ0n) is 19.9. The fraction of sp³-hybridized carbons (Fsp3) is 0.435. The molecule has 1 aliphatic heterocycles. The molecular weight excluding hydrogens is 440 g/mol. The lowest BCUT2D eigenvalue weighted by atomic mass is 10.0. The fourth-order valence-electron chi connectivity index (χ4n) is 4.19. The molecule has 0 radical (unpaired) electrons. The molecule has 0 spiro atoms. The monoisotopic (exact) mass is 470 g/mol. The molecule has 0 saturated heterocycles. The Hall–Kier alpha value is -3.14. The highest BCUT2D eigenvalue weighted by molar-refractivity contribution is 7.92. The number of aryl methyl sites for hydroxylation is 2. The molecule has 0 saturated carbocycles. The first kappa shape index (κ1) is 23.0. The van der Waals surface area contributed by atoms with E-state index in [1.165, 1.54) is 17.9 Å². The highest BCUT2D eigenvalue weighted by atomic mass is 32.2. The van der Waals surface area contributed by atoms with Gasteiger partial charge < -0.3 is 4.90 Å². The van der Waals surface area contributed by atoms with Crippen LogP contribution in [0.4, 0.5) is 5.82 Å². The minimum Gasteiger partial charge on any atom is -0.334 e. The Morgan fingerprint density at radius 1 is 1.09 bits per heavy atom. The number of aromatic nitrogens is 4. The van der Waals surface area contributed by atoms with Crippen LogP contribution in [0.3, 0.4) is 0 Å². The molecule has 3 heterocycles. The Balaban J connectivity index is 1.64. The zero-order chi connectivity index (χ0) is 24.1. The standard InChI is InChI=1S/C23H30N6O3S/c1-16-7-9-18(10-8-16)33(31,32)27(6)21-19(14-24-26(21)5)22(30)28-12-11-20-17(15-28)13-25-29(20)23(2,3)4/h7-10,13-14H,11-12,15H2,1-6H3. The molecule has 2 aromatic heterocycles. The number of carbonyl (C=O) groups excluding carboxylic acids is 1. The first-order chi connectivity index (χ1) is 15.4. The average Bonchev–Trinajstić information content (AvgIpc) is 3.35. The van der Waals surface area contributed by atoms with Crippen LogP contribution in [0.15, 0.2) is 41.6 Å². The van der Waals surface area contributed by atoms with Crippen LogP contribution in [0.1, 0.15) is 48.0 Å². The Labute approximate surface area is 194 Å². The fourth-order valence-corrected chi connectivity index (χ4v) is 5.43. The van der Waals surface area contributed by atoms with Crippen LogP contribution in [0.25, 0.3) is 0 Å². The van der Waals surface area contributed by atoms with Gasteiger partial charge in [0.05, 0.1) is 22.8 Å². The molecule has 0 aliphatic carbocycles. The number of hydrogen-bond donors (Lipinski definition) is 0. The highest BCUT2D eigenvalue weighted by Crippen LogP contribution is 2.29. The zero-order valence-corrected chi connectivity index (χ0v) is 20.7. The smallest absolute Gasteiger partial charge is 0.265 e. The third kappa shape index (κ3) is 4.03. The van der Waals surface area contributed by atoms with Gasteiger partial charge in [-0.15, -0.1) is 0 Å². The van der Waals surface area contributed by atoms with Crippen LogP contribution in [0.2, 0.25) is 0 Å². The van der Waals surface area contributed by atoms with E-state index in [2.05, 4.69) is 31.0 Å². The van der Waals surface area contributed by atoms with Crippen LogP contribution in [-0.4, -0.2) is 52.4 Å². The normalized spacial score (nSPS) is 14.3. The summed E-state index contributed by atoms with van der Waals surface area (Å²) in [6, 6.07) is 6.63. The van der Waals surface area contributed by atoms with Gasteiger partial charge in [0.1, 0.15) is 5.56 Å². The van der Waals surface area contributed by atoms with E-state index in [0.717, 1.165) is 21.1 Å². The van der Waals surface area contributed by atoms with Gasteiger partial charge in [0.2, 0.25) is 0 Å². The molecule has 1 aromatic carbocycles. The Morgan fingerprint density at radius 2 is 1.76 bits per heavy atom. The summed E-state index contributed by atoms with van der Waals surface area (Å²) in [4.78, 5) is 15.4. The molecule has 1 amide bonds. The van der Waals surface area contributed by atoms with E-state index in [4.69, 9.17) is 0 Å². The number of benzene rings is 1. The maximum Gasteiger partial charge on any atom is 0.265 e. The van der Waals surface area contributed by atoms with Crippen molar-refractivity contribution in [1.29, 1.82) is 0 Å². The minimum atomic E-state index is -3.86. The summed E-state index contributed by atoms with van der Waals surface area (Å²) in [6.07, 6.45) is 3.94. The number of rotatable bonds is 4. The molecule has 0 N–H and O–H groups in total. The van der Waals surface area contributed by atoms with Crippen LogP contribution in [0, 0.1) is 6.92 Å². The van der Waals surface area contributed by atoms with Crippen molar-refractivity contribution < 1.29 is 13.2 Å². The van der Waals surface area contributed by atoms with Crippen molar-refractivity contribution >= 4 is 21.7 Å². The van der Waals surface area contributed by atoms with Gasteiger partial charge in [0, 0.05) is 44.9 Å². The molecule has 0 atom stereocenters. The number of hydrogen-bond acceptors (Lipinski definition) is 5. The summed E-state index contributed by atoms with van der Waals surface area (Å²) in [6.45, 7) is 9.15. The van der Waals surface area contributed by atoms with E-state index in [0.29, 0.717) is 19.5 Å². The summed E-state index contributed by atoms with van der Waals surface area (Å²) < 4.78 is 31.1. The first-order valence-corrected chi connectivity index (χ1v) is 12.3. The van der Waals surface area contributed by atoms with Crippen molar-refractivity contribution in [2.24, 2.45) is 7.05 Å². The van der Waals surface area contributed by atoms with Crippen LogP contribution < -0.4 is 4.31 Å². The van der Waals surface area contributed by atoms with Gasteiger partial charge in [-0.05, 0) is 39.8 Å². The summed E-state index contributed by atoms with van der Waals surface area (Å²) in [5, 5.41) is 8.73. The number of fused-ring (bicyclic) bond motifs is 1. The van der Waals surface area contributed by atoms with Gasteiger partial charge in [-0.25, -0.2) is 8.42 Å². The maximum absolute atomic E-state index is 13.5. The summed E-state index contributed by atoms with van der Waals surface area (Å²) in [5.74, 6) is -0.0185. The van der Waals surface area contributed by atoms with E-state index < -0.39 is 10.0 Å². The highest BCUT2D eigenvalue weighted by Gasteiger charge is 2.33. The van der Waals surface area contributed by atoms with Gasteiger partial charge in [-0.2, -0.15) is 10.2 Å². The molecule has 176 valence electrons. The predicted octanol–water partition coefficient (Wildman–Crippen LogP) is 2.70. The van der Waals surface area contributed by atoms with Crippen molar-refractivity contribution in [3.05, 3.63) is 59.0 Å². The van der Waals surface area contributed by atoms with Gasteiger partial charge in [0.25, 0.3) is 15.9 Å². The number of anilines is 1. The van der Waals surface area contributed by atoms with Crippen LogP contribution >= 0.6 is 0 Å². The van der Waals surface area contributed by atoms with E-state index >= 15 is 0 Å². The molecule has 3 aromatic rings. The van der Waals surface area contributed by atoms with E-state index in [9.17, 15) is 13.2 Å². The van der Waals surface area contributed by atoms with Gasteiger partial charge in [0.15, 0.2) is 5.82 Å². The van der Waals surface area contributed by atoms with Gasteiger partial charge in [-0.1, -0.05) is 17.7 Å². The van der Waals surface area contributed by atoms with Crippen LogP contribution in [-0.2, 0) is 35.6 Å². The third-order valence-electron chi connectivity index (χ3n) is 5.97. The van der Waals surface area contributed by atoms with Crippen molar-refractivity contribution in [2.75, 3.05) is 17.9 Å². The molecule has 0 fully saturated rings. The van der Waals surface area contributed by atoms with Crippen molar-refractivity contribution in [1.82, 2.24) is 24.5 Å². The topological polar surface area (TPSA) is 93.3 Å².